The summed E-state index contributed by atoms with van der Waals surface area (Å²) in [5, 5.41) is 0. The van der Waals surface area contributed by atoms with Gasteiger partial charge in [0.15, 0.2) is 0 Å². The summed E-state index contributed by atoms with van der Waals surface area (Å²) in [6, 6.07) is 10.9. The molecule has 0 radical (unpaired) electrons. The van der Waals surface area contributed by atoms with Gasteiger partial charge in [-0.05, 0) is 37.7 Å². The first-order chi connectivity index (χ1) is 9.93. The van der Waals surface area contributed by atoms with Crippen molar-refractivity contribution >= 4 is 0 Å². The predicted molar refractivity (Wildman–Crippen MR) is 91.1 cm³/mol. The van der Waals surface area contributed by atoms with Crippen LogP contribution in [0.3, 0.4) is 0 Å². The van der Waals surface area contributed by atoms with E-state index in [0.29, 0.717) is 0 Å². The molecular weight excluding hydrogens is 240 g/mol. The molecule has 0 aromatic heterocycles. The molecule has 0 unspecified atom stereocenters. The van der Waals surface area contributed by atoms with Crippen LogP contribution in [0.15, 0.2) is 42.5 Å². The van der Waals surface area contributed by atoms with Crippen LogP contribution in [0.2, 0.25) is 0 Å². The Labute approximate surface area is 126 Å². The minimum Gasteiger partial charge on any atom is -0.0888 e. The van der Waals surface area contributed by atoms with Crippen molar-refractivity contribution in [2.75, 3.05) is 0 Å². The van der Waals surface area contributed by atoms with Gasteiger partial charge in [-0.2, -0.15) is 0 Å². The van der Waals surface area contributed by atoms with E-state index in [1.807, 2.05) is 0 Å². The Hall–Kier alpha value is -1.04. The molecule has 1 rings (SSSR count). The zero-order valence-corrected chi connectivity index (χ0v) is 13.3. The third kappa shape index (κ3) is 9.83. The highest BCUT2D eigenvalue weighted by Crippen LogP contribution is 2.12. The maximum absolute atomic E-state index is 2.34. The molecule has 0 aliphatic carbocycles. The quantitative estimate of drug-likeness (QED) is 0.293. The van der Waals surface area contributed by atoms with Crippen molar-refractivity contribution in [1.29, 1.82) is 0 Å². The summed E-state index contributed by atoms with van der Waals surface area (Å²) in [4.78, 5) is 0. The van der Waals surface area contributed by atoms with Crippen LogP contribution in [0.1, 0.15) is 76.7 Å². The molecule has 0 heteroatoms. The van der Waals surface area contributed by atoms with Gasteiger partial charge in [-0.15, -0.1) is 0 Å². The standard InChI is InChI=1S/C20H32/c1-2-3-4-5-6-7-8-9-10-11-12-14-17-20-18-15-13-16-19-20/h3-4,13,15-16,18-19H,2,5-12,14,17H2,1H3. The summed E-state index contributed by atoms with van der Waals surface area (Å²) in [5.74, 6) is 0. The highest BCUT2D eigenvalue weighted by Gasteiger charge is 1.94. The first-order valence-corrected chi connectivity index (χ1v) is 8.62. The van der Waals surface area contributed by atoms with E-state index in [-0.39, 0.29) is 0 Å². The highest BCUT2D eigenvalue weighted by molar-refractivity contribution is 5.14. The minimum atomic E-state index is 1.18. The Morgan fingerprint density at radius 2 is 1.30 bits per heavy atom. The average Bonchev–Trinajstić information content (AvgIpc) is 2.49. The van der Waals surface area contributed by atoms with Crippen LogP contribution in [0.4, 0.5) is 0 Å². The molecule has 0 aliphatic rings. The van der Waals surface area contributed by atoms with Gasteiger partial charge in [0, 0.05) is 0 Å². The molecule has 0 atom stereocenters. The monoisotopic (exact) mass is 272 g/mol. The van der Waals surface area contributed by atoms with Crippen molar-refractivity contribution in [2.45, 2.75) is 77.6 Å². The van der Waals surface area contributed by atoms with Gasteiger partial charge in [-0.25, -0.2) is 0 Å². The molecule has 0 fully saturated rings. The number of hydrogen-bond acceptors (Lipinski definition) is 0. The van der Waals surface area contributed by atoms with Crippen LogP contribution >= 0.6 is 0 Å². The van der Waals surface area contributed by atoms with E-state index in [1.165, 1.54) is 76.2 Å². The van der Waals surface area contributed by atoms with E-state index in [2.05, 4.69) is 49.4 Å². The summed E-state index contributed by atoms with van der Waals surface area (Å²) in [6.07, 6.45) is 19.6. The Morgan fingerprint density at radius 3 is 1.95 bits per heavy atom. The lowest BCUT2D eigenvalue weighted by atomic mass is 10.0. The summed E-state index contributed by atoms with van der Waals surface area (Å²) >= 11 is 0. The Balaban J connectivity index is 1.80. The Morgan fingerprint density at radius 1 is 0.700 bits per heavy atom. The van der Waals surface area contributed by atoms with Gasteiger partial charge in [0.2, 0.25) is 0 Å². The van der Waals surface area contributed by atoms with Crippen molar-refractivity contribution in [3.63, 3.8) is 0 Å². The van der Waals surface area contributed by atoms with E-state index in [0.717, 1.165) is 0 Å². The van der Waals surface area contributed by atoms with Crippen LogP contribution in [0.5, 0.6) is 0 Å². The molecule has 0 amide bonds. The molecule has 112 valence electrons. The largest absolute Gasteiger partial charge is 0.0888 e. The molecule has 0 saturated carbocycles. The summed E-state index contributed by atoms with van der Waals surface area (Å²) in [6.45, 7) is 2.20. The first kappa shape index (κ1) is 17.0. The number of rotatable bonds is 12. The van der Waals surface area contributed by atoms with Crippen molar-refractivity contribution < 1.29 is 0 Å². The van der Waals surface area contributed by atoms with E-state index < -0.39 is 0 Å². The SMILES string of the molecule is CCC=CCCCCCCCCCCc1ccccc1. The zero-order chi connectivity index (χ0) is 14.3. The van der Waals surface area contributed by atoms with Crippen molar-refractivity contribution in [3.05, 3.63) is 48.0 Å². The van der Waals surface area contributed by atoms with Gasteiger partial charge in [-0.1, -0.05) is 87.9 Å². The van der Waals surface area contributed by atoms with Crippen LogP contribution in [-0.4, -0.2) is 0 Å². The van der Waals surface area contributed by atoms with Gasteiger partial charge < -0.3 is 0 Å². The third-order valence-corrected chi connectivity index (χ3v) is 3.83. The number of benzene rings is 1. The van der Waals surface area contributed by atoms with Crippen LogP contribution < -0.4 is 0 Å². The molecule has 0 spiro atoms. The van der Waals surface area contributed by atoms with Gasteiger partial charge in [0.1, 0.15) is 0 Å². The maximum atomic E-state index is 2.34. The zero-order valence-electron chi connectivity index (χ0n) is 13.3. The smallest absolute Gasteiger partial charge is 0.0279 e. The number of hydrogen-bond donors (Lipinski definition) is 0. The van der Waals surface area contributed by atoms with Gasteiger partial charge >= 0.3 is 0 Å². The highest BCUT2D eigenvalue weighted by atomic mass is 14.0. The molecule has 20 heavy (non-hydrogen) atoms. The van der Waals surface area contributed by atoms with Crippen LogP contribution in [0.25, 0.3) is 0 Å². The summed E-state index contributed by atoms with van der Waals surface area (Å²) in [5.41, 5.74) is 1.49. The molecule has 0 aliphatic heterocycles. The Bertz CT molecular complexity index is 323. The fourth-order valence-electron chi connectivity index (χ4n) is 2.58. The Kier molecular flexibility index (Phi) is 11.0. The van der Waals surface area contributed by atoms with Gasteiger partial charge in [0.05, 0.1) is 0 Å². The summed E-state index contributed by atoms with van der Waals surface area (Å²) < 4.78 is 0. The van der Waals surface area contributed by atoms with Crippen molar-refractivity contribution in [1.82, 2.24) is 0 Å². The normalized spacial score (nSPS) is 11.2. The molecule has 0 bridgehead atoms. The van der Waals surface area contributed by atoms with Crippen LogP contribution in [0, 0.1) is 0 Å². The van der Waals surface area contributed by atoms with E-state index in [9.17, 15) is 0 Å². The molecule has 0 heterocycles. The minimum absolute atomic E-state index is 1.18. The van der Waals surface area contributed by atoms with E-state index >= 15 is 0 Å². The topological polar surface area (TPSA) is 0 Å². The lowest BCUT2D eigenvalue weighted by Crippen LogP contribution is -1.86. The second kappa shape index (κ2) is 13.0. The molecule has 0 saturated heterocycles. The van der Waals surface area contributed by atoms with Crippen molar-refractivity contribution in [2.24, 2.45) is 0 Å². The van der Waals surface area contributed by atoms with Gasteiger partial charge in [0.25, 0.3) is 0 Å². The summed E-state index contributed by atoms with van der Waals surface area (Å²) in [7, 11) is 0. The lowest BCUT2D eigenvalue weighted by Gasteiger charge is -2.02. The fourth-order valence-corrected chi connectivity index (χ4v) is 2.58. The average molecular weight is 272 g/mol. The number of allylic oxidation sites excluding steroid dienone is 2. The molecule has 0 N–H and O–H groups in total. The van der Waals surface area contributed by atoms with Crippen LogP contribution in [-0.2, 0) is 6.42 Å². The number of unbranched alkanes of at least 4 members (excludes halogenated alkanes) is 8. The molecular formula is C20H32. The molecule has 1 aromatic carbocycles. The fraction of sp³-hybridized carbons (Fsp3) is 0.600. The predicted octanol–water partition coefficient (Wildman–Crippen LogP) is 6.71. The molecule has 0 nitrogen and oxygen atoms in total. The number of aryl methyl sites for hydroxylation is 1. The maximum Gasteiger partial charge on any atom is -0.0279 e. The van der Waals surface area contributed by atoms with Gasteiger partial charge in [-0.3, -0.25) is 0 Å². The van der Waals surface area contributed by atoms with E-state index in [4.69, 9.17) is 0 Å². The van der Waals surface area contributed by atoms with Crippen molar-refractivity contribution in [3.8, 4) is 0 Å². The second-order valence-electron chi connectivity index (χ2n) is 5.73. The lowest BCUT2D eigenvalue weighted by molar-refractivity contribution is 0.569. The van der Waals surface area contributed by atoms with E-state index in [1.54, 1.807) is 0 Å². The second-order valence-corrected chi connectivity index (χ2v) is 5.73. The molecule has 1 aromatic rings. The first-order valence-electron chi connectivity index (χ1n) is 8.62. The third-order valence-electron chi connectivity index (χ3n) is 3.83.